The van der Waals surface area contributed by atoms with E-state index in [9.17, 15) is 14.2 Å². The number of phosphoric acid groups is 1. The number of esters is 2. The molecule has 2 N–H and O–H groups in total. The van der Waals surface area contributed by atoms with Gasteiger partial charge in [0.05, 0.1) is 6.61 Å². The summed E-state index contributed by atoms with van der Waals surface area (Å²) in [7, 11) is -4.72. The minimum atomic E-state index is -4.72. The third-order valence-corrected chi connectivity index (χ3v) is 8.36. The first-order valence-corrected chi connectivity index (χ1v) is 19.4. The van der Waals surface area contributed by atoms with Crippen LogP contribution in [0.3, 0.4) is 0 Å². The number of ether oxygens (including phenoxy) is 2. The van der Waals surface area contributed by atoms with Gasteiger partial charge in [0.15, 0.2) is 6.10 Å². The van der Waals surface area contributed by atoms with E-state index in [0.717, 1.165) is 19.3 Å². The van der Waals surface area contributed by atoms with Crippen molar-refractivity contribution >= 4 is 19.8 Å². The molecule has 0 aromatic heterocycles. The summed E-state index contributed by atoms with van der Waals surface area (Å²) in [4.78, 5) is 41.8. The van der Waals surface area contributed by atoms with Crippen LogP contribution in [-0.4, -0.2) is 41.0 Å². The van der Waals surface area contributed by atoms with Crippen LogP contribution in [-0.2, 0) is 28.2 Å². The number of carbonyl (C=O) groups excluding carboxylic acids is 2. The van der Waals surface area contributed by atoms with Crippen LogP contribution < -0.4 is 0 Å². The molecule has 0 aliphatic carbocycles. The van der Waals surface area contributed by atoms with Crippen molar-refractivity contribution in [2.24, 2.45) is 0 Å². The second-order valence-corrected chi connectivity index (χ2v) is 13.5. The van der Waals surface area contributed by atoms with Crippen molar-refractivity contribution in [3.8, 4) is 0 Å². The molecule has 0 saturated heterocycles. The van der Waals surface area contributed by atoms with E-state index in [1.54, 1.807) is 0 Å². The van der Waals surface area contributed by atoms with Crippen LogP contribution in [0.15, 0.2) is 0 Å². The van der Waals surface area contributed by atoms with Crippen molar-refractivity contribution in [3.63, 3.8) is 0 Å². The fourth-order valence-electron chi connectivity index (χ4n) is 5.18. The molecule has 0 radical (unpaired) electrons. The second kappa shape index (κ2) is 31.0. The molecule has 0 aromatic rings. The smallest absolute Gasteiger partial charge is 0.462 e. The second-order valence-electron chi connectivity index (χ2n) is 12.2. The summed E-state index contributed by atoms with van der Waals surface area (Å²) in [6.45, 7) is 3.42. The van der Waals surface area contributed by atoms with Gasteiger partial charge in [0.25, 0.3) is 0 Å². The molecular formula is C34H67O8P. The highest BCUT2D eigenvalue weighted by Gasteiger charge is 2.22. The topological polar surface area (TPSA) is 119 Å². The molecule has 0 amide bonds. The quantitative estimate of drug-likeness (QED) is 0.0416. The van der Waals surface area contributed by atoms with Crippen molar-refractivity contribution in [1.29, 1.82) is 0 Å². The standard InChI is InChI=1S/C34H67O8P/c1-3-5-7-8-9-10-11-12-13-14-15-16-17-18-19-20-21-22-23-24-25-26-27-29-34(36)42-32(31-41-43(37,38)39)30-40-33(35)28-6-4-2/h32H,3-31H2,1-2H3,(H2,37,38,39). The van der Waals surface area contributed by atoms with Crippen molar-refractivity contribution in [2.45, 2.75) is 193 Å². The molecule has 256 valence electrons. The summed E-state index contributed by atoms with van der Waals surface area (Å²) in [6.07, 6.45) is 31.1. The van der Waals surface area contributed by atoms with Crippen molar-refractivity contribution in [3.05, 3.63) is 0 Å². The van der Waals surface area contributed by atoms with E-state index in [1.807, 2.05) is 6.92 Å². The van der Waals surface area contributed by atoms with Crippen LogP contribution >= 0.6 is 7.82 Å². The number of rotatable bonds is 33. The van der Waals surface area contributed by atoms with Crippen LogP contribution in [0.4, 0.5) is 0 Å². The molecule has 0 bridgehead atoms. The predicted octanol–water partition coefficient (Wildman–Crippen LogP) is 10.1. The molecule has 1 atom stereocenters. The van der Waals surface area contributed by atoms with Gasteiger partial charge in [0.2, 0.25) is 0 Å². The fourth-order valence-corrected chi connectivity index (χ4v) is 5.54. The Kier molecular flexibility index (Phi) is 30.4. The molecule has 8 nitrogen and oxygen atoms in total. The zero-order valence-corrected chi connectivity index (χ0v) is 28.8. The minimum absolute atomic E-state index is 0.218. The summed E-state index contributed by atoms with van der Waals surface area (Å²) >= 11 is 0. The largest absolute Gasteiger partial charge is 0.469 e. The van der Waals surface area contributed by atoms with Crippen LogP contribution in [0.2, 0.25) is 0 Å². The third-order valence-electron chi connectivity index (χ3n) is 7.88. The van der Waals surface area contributed by atoms with Gasteiger partial charge in [-0.3, -0.25) is 14.1 Å². The maximum Gasteiger partial charge on any atom is 0.469 e. The first-order valence-electron chi connectivity index (χ1n) is 17.8. The number of carbonyl (C=O) groups is 2. The van der Waals surface area contributed by atoms with Gasteiger partial charge in [-0.05, 0) is 12.8 Å². The molecule has 0 spiro atoms. The van der Waals surface area contributed by atoms with E-state index in [4.69, 9.17) is 19.3 Å². The van der Waals surface area contributed by atoms with Gasteiger partial charge in [-0.25, -0.2) is 4.57 Å². The van der Waals surface area contributed by atoms with E-state index < -0.39 is 32.5 Å². The summed E-state index contributed by atoms with van der Waals surface area (Å²) in [5.41, 5.74) is 0. The molecule has 1 unspecified atom stereocenters. The normalized spacial score (nSPS) is 12.4. The number of phosphoric ester groups is 1. The van der Waals surface area contributed by atoms with Crippen LogP contribution in [0.25, 0.3) is 0 Å². The summed E-state index contributed by atoms with van der Waals surface area (Å²) in [5, 5.41) is 0. The lowest BCUT2D eigenvalue weighted by atomic mass is 10.0. The maximum absolute atomic E-state index is 12.2. The van der Waals surface area contributed by atoms with E-state index in [1.165, 1.54) is 128 Å². The van der Waals surface area contributed by atoms with Crippen LogP contribution in [0.1, 0.15) is 187 Å². The van der Waals surface area contributed by atoms with Gasteiger partial charge in [0, 0.05) is 12.8 Å². The lowest BCUT2D eigenvalue weighted by Gasteiger charge is -2.18. The molecule has 43 heavy (non-hydrogen) atoms. The first kappa shape index (κ1) is 42.0. The van der Waals surface area contributed by atoms with E-state index in [0.29, 0.717) is 12.8 Å². The monoisotopic (exact) mass is 634 g/mol. The predicted molar refractivity (Wildman–Crippen MR) is 175 cm³/mol. The van der Waals surface area contributed by atoms with E-state index >= 15 is 0 Å². The van der Waals surface area contributed by atoms with Gasteiger partial charge < -0.3 is 19.3 Å². The van der Waals surface area contributed by atoms with Gasteiger partial charge in [-0.1, -0.05) is 162 Å². The molecular weight excluding hydrogens is 567 g/mol. The molecule has 0 aliphatic rings. The fraction of sp³-hybridized carbons (Fsp3) is 0.941. The summed E-state index contributed by atoms with van der Waals surface area (Å²) in [5.74, 6) is -0.915. The summed E-state index contributed by atoms with van der Waals surface area (Å²) < 4.78 is 25.8. The Bertz CT molecular complexity index is 681. The lowest BCUT2D eigenvalue weighted by molar-refractivity contribution is -0.161. The average molecular weight is 635 g/mol. The number of unbranched alkanes of at least 4 members (excludes halogenated alkanes) is 23. The van der Waals surface area contributed by atoms with Crippen LogP contribution in [0, 0.1) is 0 Å². The van der Waals surface area contributed by atoms with Gasteiger partial charge in [0.1, 0.15) is 6.61 Å². The Morgan fingerprint density at radius 1 is 0.512 bits per heavy atom. The van der Waals surface area contributed by atoms with Crippen LogP contribution in [0.5, 0.6) is 0 Å². The van der Waals surface area contributed by atoms with Crippen molar-refractivity contribution < 1.29 is 37.9 Å². The Balaban J connectivity index is 3.59. The molecule has 9 heteroatoms. The molecule has 0 rings (SSSR count). The number of hydrogen-bond acceptors (Lipinski definition) is 6. The van der Waals surface area contributed by atoms with E-state index in [-0.39, 0.29) is 19.4 Å². The van der Waals surface area contributed by atoms with Crippen molar-refractivity contribution in [1.82, 2.24) is 0 Å². The molecule has 0 heterocycles. The highest BCUT2D eigenvalue weighted by Crippen LogP contribution is 2.36. The molecule has 0 fully saturated rings. The summed E-state index contributed by atoms with van der Waals surface area (Å²) in [6, 6.07) is 0. The zero-order valence-electron chi connectivity index (χ0n) is 27.9. The third kappa shape index (κ3) is 33.8. The zero-order chi connectivity index (χ0) is 31.9. The Labute approximate surface area is 264 Å². The Hall–Kier alpha value is -0.950. The average Bonchev–Trinajstić information content (AvgIpc) is 2.97. The van der Waals surface area contributed by atoms with Gasteiger partial charge in [-0.15, -0.1) is 0 Å². The minimum Gasteiger partial charge on any atom is -0.462 e. The molecule has 0 saturated carbocycles. The van der Waals surface area contributed by atoms with Gasteiger partial charge in [-0.2, -0.15) is 0 Å². The Morgan fingerprint density at radius 2 is 0.860 bits per heavy atom. The van der Waals surface area contributed by atoms with Gasteiger partial charge >= 0.3 is 19.8 Å². The first-order chi connectivity index (χ1) is 20.8. The van der Waals surface area contributed by atoms with E-state index in [2.05, 4.69) is 11.4 Å². The number of hydrogen-bond donors (Lipinski definition) is 2. The molecule has 0 aromatic carbocycles. The Morgan fingerprint density at radius 3 is 1.23 bits per heavy atom. The highest BCUT2D eigenvalue weighted by molar-refractivity contribution is 7.46. The van der Waals surface area contributed by atoms with Crippen molar-refractivity contribution in [2.75, 3.05) is 13.2 Å². The lowest BCUT2D eigenvalue weighted by Crippen LogP contribution is -2.29. The highest BCUT2D eigenvalue weighted by atomic mass is 31.2. The SMILES string of the molecule is CCCCCCCCCCCCCCCCCCCCCCCCCC(=O)OC(COC(=O)CCCC)COP(=O)(O)O. The maximum atomic E-state index is 12.2. The molecule has 0 aliphatic heterocycles.